The lowest BCUT2D eigenvalue weighted by molar-refractivity contribution is -0.122. The van der Waals surface area contributed by atoms with E-state index in [0.717, 1.165) is 42.1 Å². The Morgan fingerprint density at radius 1 is 1.19 bits per heavy atom. The van der Waals surface area contributed by atoms with E-state index in [1.54, 1.807) is 19.2 Å². The normalized spacial score (nSPS) is 18.4. The summed E-state index contributed by atoms with van der Waals surface area (Å²) >= 11 is 0. The third-order valence-electron chi connectivity index (χ3n) is 7.30. The number of primary amides is 1. The van der Waals surface area contributed by atoms with Gasteiger partial charge in [0.25, 0.3) is 0 Å². The summed E-state index contributed by atoms with van der Waals surface area (Å²) in [6.45, 7) is 5.12. The van der Waals surface area contributed by atoms with Gasteiger partial charge >= 0.3 is 0 Å². The third-order valence-corrected chi connectivity index (χ3v) is 9.90. The molecule has 2 aliphatic rings. The van der Waals surface area contributed by atoms with E-state index in [1.807, 2.05) is 12.1 Å². The topological polar surface area (TPSA) is 89.7 Å². The van der Waals surface area contributed by atoms with Crippen LogP contribution in [0.5, 0.6) is 5.75 Å². The zero-order chi connectivity index (χ0) is 23.1. The molecule has 1 unspecified atom stereocenters. The second kappa shape index (κ2) is 8.43. The number of nitrogens with two attached hydrogens (primary N) is 1. The molecule has 1 saturated carbocycles. The largest absolute Gasteiger partial charge is 0.495 e. The molecule has 1 amide bonds. The SMILES string of the molecule is CCC(C)c1ccc(OC)c(N2CCCc3c2cccc3S(=O)(=O)C2(C(N)=O)CCC2)c1. The minimum absolute atomic E-state index is 0.246. The Bertz CT molecular complexity index is 1140. The molecule has 0 aromatic heterocycles. The summed E-state index contributed by atoms with van der Waals surface area (Å²) in [5.74, 6) is 0.423. The molecule has 0 bridgehead atoms. The van der Waals surface area contributed by atoms with Gasteiger partial charge in [-0.25, -0.2) is 8.42 Å². The Morgan fingerprint density at radius 3 is 2.53 bits per heavy atom. The van der Waals surface area contributed by atoms with Gasteiger partial charge < -0.3 is 15.4 Å². The van der Waals surface area contributed by atoms with Gasteiger partial charge in [-0.1, -0.05) is 26.0 Å². The molecule has 7 heteroatoms. The second-order valence-corrected chi connectivity index (χ2v) is 11.2. The number of ether oxygens (including phenoxy) is 1. The van der Waals surface area contributed by atoms with E-state index in [1.165, 1.54) is 5.56 Å². The summed E-state index contributed by atoms with van der Waals surface area (Å²) in [6, 6.07) is 11.6. The first-order chi connectivity index (χ1) is 15.3. The number of rotatable bonds is 7. The minimum Gasteiger partial charge on any atom is -0.495 e. The molecule has 1 fully saturated rings. The quantitative estimate of drug-likeness (QED) is 0.664. The molecule has 1 aliphatic heterocycles. The number of sulfone groups is 1. The minimum atomic E-state index is -3.88. The van der Waals surface area contributed by atoms with E-state index >= 15 is 0 Å². The summed E-state index contributed by atoms with van der Waals surface area (Å²) in [5, 5.41) is 0. The lowest BCUT2D eigenvalue weighted by Crippen LogP contribution is -2.55. The van der Waals surface area contributed by atoms with Gasteiger partial charge in [0.2, 0.25) is 5.91 Å². The van der Waals surface area contributed by atoms with Crippen LogP contribution in [0.1, 0.15) is 63.0 Å². The summed E-state index contributed by atoms with van der Waals surface area (Å²) in [6.07, 6.45) is 3.76. The van der Waals surface area contributed by atoms with Crippen molar-refractivity contribution in [3.05, 3.63) is 47.5 Å². The number of carbonyl (C=O) groups excluding carboxylic acids is 1. The second-order valence-electron chi connectivity index (χ2n) is 8.97. The molecule has 2 aromatic rings. The highest BCUT2D eigenvalue weighted by molar-refractivity contribution is 7.93. The first-order valence-corrected chi connectivity index (χ1v) is 12.9. The molecule has 2 N–H and O–H groups in total. The maximum Gasteiger partial charge on any atom is 0.239 e. The Labute approximate surface area is 190 Å². The average Bonchev–Trinajstić information content (AvgIpc) is 2.75. The third kappa shape index (κ3) is 3.38. The maximum atomic E-state index is 13.7. The molecule has 1 heterocycles. The molecule has 0 saturated heterocycles. The van der Waals surface area contributed by atoms with Crippen molar-refractivity contribution in [2.24, 2.45) is 5.73 Å². The van der Waals surface area contributed by atoms with Gasteiger partial charge in [0.05, 0.1) is 17.7 Å². The van der Waals surface area contributed by atoms with Crippen LogP contribution in [-0.2, 0) is 21.1 Å². The van der Waals surface area contributed by atoms with Gasteiger partial charge in [-0.2, -0.15) is 0 Å². The lowest BCUT2D eigenvalue weighted by Gasteiger charge is -2.39. The van der Waals surface area contributed by atoms with Gasteiger partial charge in [0.15, 0.2) is 14.6 Å². The van der Waals surface area contributed by atoms with Crippen LogP contribution in [0.3, 0.4) is 0 Å². The molecule has 6 nitrogen and oxygen atoms in total. The fourth-order valence-electron chi connectivity index (χ4n) is 4.91. The fraction of sp³-hybridized carbons (Fsp3) is 0.480. The zero-order valence-corrected chi connectivity index (χ0v) is 19.9. The van der Waals surface area contributed by atoms with E-state index in [2.05, 4.69) is 30.9 Å². The summed E-state index contributed by atoms with van der Waals surface area (Å²) in [7, 11) is -2.23. The van der Waals surface area contributed by atoms with Crippen LogP contribution in [-0.4, -0.2) is 32.7 Å². The van der Waals surface area contributed by atoms with Crippen molar-refractivity contribution in [2.75, 3.05) is 18.6 Å². The number of hydrogen-bond donors (Lipinski definition) is 1. The predicted octanol–water partition coefficient (Wildman–Crippen LogP) is 4.47. The highest BCUT2D eigenvalue weighted by Gasteiger charge is 2.55. The van der Waals surface area contributed by atoms with Crippen LogP contribution >= 0.6 is 0 Å². The van der Waals surface area contributed by atoms with E-state index in [9.17, 15) is 13.2 Å². The van der Waals surface area contributed by atoms with Crippen LogP contribution in [0.15, 0.2) is 41.3 Å². The number of benzene rings is 2. The number of methoxy groups -OCH3 is 1. The van der Waals surface area contributed by atoms with Crippen LogP contribution in [0.4, 0.5) is 11.4 Å². The molecule has 32 heavy (non-hydrogen) atoms. The van der Waals surface area contributed by atoms with Crippen molar-refractivity contribution in [3.8, 4) is 5.75 Å². The number of fused-ring (bicyclic) bond motifs is 1. The van der Waals surface area contributed by atoms with Gasteiger partial charge in [-0.05, 0) is 79.8 Å². The monoisotopic (exact) mass is 456 g/mol. The summed E-state index contributed by atoms with van der Waals surface area (Å²) < 4.78 is 31.5. The van der Waals surface area contributed by atoms with Crippen LogP contribution in [0, 0.1) is 0 Å². The first kappa shape index (κ1) is 22.6. The Morgan fingerprint density at radius 2 is 1.94 bits per heavy atom. The van der Waals surface area contributed by atoms with Crippen molar-refractivity contribution >= 4 is 27.1 Å². The fourth-order valence-corrected chi connectivity index (χ4v) is 7.21. The van der Waals surface area contributed by atoms with Gasteiger partial charge in [0.1, 0.15) is 5.75 Å². The smallest absolute Gasteiger partial charge is 0.239 e. The molecule has 1 atom stereocenters. The van der Waals surface area contributed by atoms with Crippen LogP contribution < -0.4 is 15.4 Å². The predicted molar refractivity (Wildman–Crippen MR) is 126 cm³/mol. The Balaban J connectivity index is 1.85. The van der Waals surface area contributed by atoms with Crippen molar-refractivity contribution in [3.63, 3.8) is 0 Å². The highest BCUT2D eigenvalue weighted by atomic mass is 32.2. The summed E-state index contributed by atoms with van der Waals surface area (Å²) in [5.41, 5.74) is 9.39. The summed E-state index contributed by atoms with van der Waals surface area (Å²) in [4.78, 5) is 14.6. The standard InChI is InChI=1S/C25H32N2O4S/c1-4-17(2)18-11-12-22(31-3)21(16-18)27-15-6-8-19-20(27)9-5-10-23(19)32(29,30)25(24(26)28)13-7-14-25/h5,9-12,16-17H,4,6-8,13-15H2,1-3H3,(H2,26,28). The number of nitrogens with zero attached hydrogens (tertiary/aromatic N) is 1. The molecule has 1 aliphatic carbocycles. The van der Waals surface area contributed by atoms with Crippen LogP contribution in [0.25, 0.3) is 0 Å². The zero-order valence-electron chi connectivity index (χ0n) is 19.1. The molecule has 0 spiro atoms. The van der Waals surface area contributed by atoms with E-state index in [0.29, 0.717) is 31.6 Å². The van der Waals surface area contributed by atoms with Crippen molar-refractivity contribution < 1.29 is 17.9 Å². The van der Waals surface area contributed by atoms with E-state index < -0.39 is 20.5 Å². The lowest BCUT2D eigenvalue weighted by atomic mass is 9.84. The molecule has 4 rings (SSSR count). The number of carbonyl (C=O) groups is 1. The molecular weight excluding hydrogens is 424 g/mol. The Kier molecular flexibility index (Phi) is 5.96. The van der Waals surface area contributed by atoms with Crippen molar-refractivity contribution in [2.45, 2.75) is 67.9 Å². The maximum absolute atomic E-state index is 13.7. The number of hydrogen-bond acceptors (Lipinski definition) is 5. The van der Waals surface area contributed by atoms with Gasteiger partial charge in [-0.3, -0.25) is 4.79 Å². The van der Waals surface area contributed by atoms with Gasteiger partial charge in [0, 0.05) is 12.2 Å². The number of amides is 1. The van der Waals surface area contributed by atoms with Crippen molar-refractivity contribution in [1.29, 1.82) is 0 Å². The highest BCUT2D eigenvalue weighted by Crippen LogP contribution is 2.47. The molecule has 172 valence electrons. The van der Waals surface area contributed by atoms with Gasteiger partial charge in [-0.15, -0.1) is 0 Å². The van der Waals surface area contributed by atoms with E-state index in [4.69, 9.17) is 10.5 Å². The van der Waals surface area contributed by atoms with Crippen molar-refractivity contribution in [1.82, 2.24) is 0 Å². The molecule has 2 aromatic carbocycles. The Hall–Kier alpha value is -2.54. The molecule has 0 radical (unpaired) electrons. The first-order valence-electron chi connectivity index (χ1n) is 11.4. The van der Waals surface area contributed by atoms with E-state index in [-0.39, 0.29) is 4.90 Å². The van der Waals surface area contributed by atoms with Crippen LogP contribution in [0.2, 0.25) is 0 Å². The molecular formula is C25H32N2O4S. The average molecular weight is 457 g/mol. The number of anilines is 2.